The van der Waals surface area contributed by atoms with Crippen LogP contribution in [0.15, 0.2) is 24.3 Å². The Morgan fingerprint density at radius 3 is 2.25 bits per heavy atom. The number of rotatable bonds is 6. The molecule has 0 spiro atoms. The Labute approximate surface area is 167 Å². The van der Waals surface area contributed by atoms with Gasteiger partial charge in [-0.2, -0.15) is 0 Å². The lowest BCUT2D eigenvalue weighted by molar-refractivity contribution is -0.136. The summed E-state index contributed by atoms with van der Waals surface area (Å²) >= 11 is 0. The quantitative estimate of drug-likeness (QED) is 0.738. The summed E-state index contributed by atoms with van der Waals surface area (Å²) in [7, 11) is 5.65. The van der Waals surface area contributed by atoms with Crippen molar-refractivity contribution in [3.8, 4) is 5.75 Å². The van der Waals surface area contributed by atoms with Gasteiger partial charge in [-0.15, -0.1) is 0 Å². The molecule has 7 nitrogen and oxygen atoms in total. The number of nitrogens with zero attached hydrogens (tertiary/aromatic N) is 3. The lowest BCUT2D eigenvalue weighted by Crippen LogP contribution is -2.43. The number of likely N-dealkylation sites (tertiary alicyclic amines) is 2. The first kappa shape index (κ1) is 20.6. The topological polar surface area (TPSA) is 62.3 Å². The van der Waals surface area contributed by atoms with E-state index in [-0.39, 0.29) is 24.5 Å². The number of piperidine rings is 1. The second kappa shape index (κ2) is 9.39. The van der Waals surface area contributed by atoms with E-state index in [0.29, 0.717) is 24.7 Å². The summed E-state index contributed by atoms with van der Waals surface area (Å²) in [5.74, 6) is 0.883. The van der Waals surface area contributed by atoms with Gasteiger partial charge in [-0.25, -0.2) is 0 Å². The highest BCUT2D eigenvalue weighted by Crippen LogP contribution is 2.22. The Bertz CT molecular complexity index is 669. The third kappa shape index (κ3) is 5.02. The van der Waals surface area contributed by atoms with Crippen LogP contribution in [0.25, 0.3) is 0 Å². The van der Waals surface area contributed by atoms with E-state index in [1.54, 1.807) is 0 Å². The zero-order chi connectivity index (χ0) is 20.1. The van der Waals surface area contributed by atoms with Gasteiger partial charge in [0.05, 0.1) is 0 Å². The van der Waals surface area contributed by atoms with Crippen LogP contribution in [0.5, 0.6) is 5.75 Å². The molecule has 1 aromatic rings. The van der Waals surface area contributed by atoms with Crippen LogP contribution < -0.4 is 4.74 Å². The minimum atomic E-state index is 0.0298. The van der Waals surface area contributed by atoms with Crippen molar-refractivity contribution >= 4 is 11.8 Å². The first-order valence-electron chi connectivity index (χ1n) is 9.97. The third-order valence-corrected chi connectivity index (χ3v) is 5.65. The molecule has 2 aliphatic rings. The number of ether oxygens (including phenoxy) is 2. The van der Waals surface area contributed by atoms with Gasteiger partial charge in [-0.3, -0.25) is 9.59 Å². The number of hydrogen-bond acceptors (Lipinski definition) is 5. The molecule has 0 N–H and O–H groups in total. The first-order valence-corrected chi connectivity index (χ1v) is 9.97. The molecule has 0 unspecified atom stereocenters. The van der Waals surface area contributed by atoms with Crippen LogP contribution in [0.2, 0.25) is 0 Å². The molecular weight excluding hydrogens is 358 g/mol. The fourth-order valence-electron chi connectivity index (χ4n) is 3.84. The van der Waals surface area contributed by atoms with Gasteiger partial charge < -0.3 is 24.2 Å². The Hall–Kier alpha value is -2.12. The van der Waals surface area contributed by atoms with Gasteiger partial charge in [-0.1, -0.05) is 0 Å². The summed E-state index contributed by atoms with van der Waals surface area (Å²) in [5.41, 5.74) is 0.701. The average Bonchev–Trinajstić information content (AvgIpc) is 3.19. The maximum Gasteiger partial charge on any atom is 0.253 e. The zero-order valence-electron chi connectivity index (χ0n) is 17.1. The summed E-state index contributed by atoms with van der Waals surface area (Å²) in [4.78, 5) is 30.5. The predicted molar refractivity (Wildman–Crippen MR) is 107 cm³/mol. The summed E-state index contributed by atoms with van der Waals surface area (Å²) in [6, 6.07) is 7.87. The van der Waals surface area contributed by atoms with Gasteiger partial charge in [0.25, 0.3) is 5.91 Å². The fourth-order valence-corrected chi connectivity index (χ4v) is 3.84. The van der Waals surface area contributed by atoms with Crippen molar-refractivity contribution in [2.24, 2.45) is 0 Å². The minimum Gasteiger partial charge on any atom is -0.490 e. The first-order chi connectivity index (χ1) is 13.5. The number of carbonyl (C=O) groups is 2. The lowest BCUT2D eigenvalue weighted by Gasteiger charge is -2.32. The third-order valence-electron chi connectivity index (χ3n) is 5.65. The molecule has 2 heterocycles. The van der Waals surface area contributed by atoms with E-state index in [1.165, 1.54) is 7.11 Å². The van der Waals surface area contributed by atoms with Crippen molar-refractivity contribution in [1.82, 2.24) is 14.7 Å². The molecule has 1 atom stereocenters. The van der Waals surface area contributed by atoms with Crippen LogP contribution >= 0.6 is 0 Å². The molecule has 2 saturated heterocycles. The molecule has 0 aromatic heterocycles. The number of likely N-dealkylation sites (N-methyl/N-ethyl adjacent to an activating group) is 1. The van der Waals surface area contributed by atoms with Crippen LogP contribution in [0, 0.1) is 0 Å². The smallest absolute Gasteiger partial charge is 0.253 e. The largest absolute Gasteiger partial charge is 0.490 e. The van der Waals surface area contributed by atoms with Crippen LogP contribution in [-0.4, -0.2) is 92.7 Å². The van der Waals surface area contributed by atoms with Gasteiger partial charge in [0.2, 0.25) is 5.91 Å². The van der Waals surface area contributed by atoms with E-state index >= 15 is 0 Å². The molecule has 2 fully saturated rings. The molecule has 2 amide bonds. The van der Waals surface area contributed by atoms with Crippen molar-refractivity contribution in [2.45, 2.75) is 31.4 Å². The highest BCUT2D eigenvalue weighted by atomic mass is 16.5. The van der Waals surface area contributed by atoms with Crippen LogP contribution in [0.1, 0.15) is 29.6 Å². The SMILES string of the molecule is COCC(=O)N1CCC(Oc2ccc(C(=O)N3CC[C@@H](N(C)C)C3)cc2)CC1. The molecule has 3 rings (SSSR count). The summed E-state index contributed by atoms with van der Waals surface area (Å²) in [5, 5.41) is 0. The van der Waals surface area contributed by atoms with Gasteiger partial charge in [-0.05, 0) is 44.8 Å². The van der Waals surface area contributed by atoms with Gasteiger partial charge >= 0.3 is 0 Å². The second-order valence-corrected chi connectivity index (χ2v) is 7.81. The molecule has 28 heavy (non-hydrogen) atoms. The van der Waals surface area contributed by atoms with Crippen molar-refractivity contribution in [3.63, 3.8) is 0 Å². The molecule has 7 heteroatoms. The predicted octanol–water partition coefficient (Wildman–Crippen LogP) is 1.48. The fraction of sp³-hybridized carbons (Fsp3) is 0.619. The van der Waals surface area contributed by atoms with Crippen molar-refractivity contribution in [3.05, 3.63) is 29.8 Å². The van der Waals surface area contributed by atoms with E-state index < -0.39 is 0 Å². The van der Waals surface area contributed by atoms with Crippen molar-refractivity contribution in [2.75, 3.05) is 54.0 Å². The van der Waals surface area contributed by atoms with Gasteiger partial charge in [0.1, 0.15) is 18.5 Å². The molecule has 154 valence electrons. The number of methoxy groups -OCH3 is 1. The summed E-state index contributed by atoms with van der Waals surface area (Å²) in [6.07, 6.45) is 2.71. The number of amides is 2. The highest BCUT2D eigenvalue weighted by molar-refractivity contribution is 5.94. The highest BCUT2D eigenvalue weighted by Gasteiger charge is 2.28. The average molecular weight is 389 g/mol. The maximum atomic E-state index is 12.7. The number of benzene rings is 1. The van der Waals surface area contributed by atoms with E-state index in [4.69, 9.17) is 9.47 Å². The standard InChI is InChI=1S/C21H31N3O4/c1-22(2)17-8-11-24(14-17)21(26)16-4-6-18(7-5-16)28-19-9-12-23(13-10-19)20(25)15-27-3/h4-7,17,19H,8-15H2,1-3H3/t17-/m1/s1. The van der Waals surface area contributed by atoms with Crippen molar-refractivity contribution in [1.29, 1.82) is 0 Å². The molecular formula is C21H31N3O4. The zero-order valence-corrected chi connectivity index (χ0v) is 17.1. The monoisotopic (exact) mass is 389 g/mol. The Kier molecular flexibility index (Phi) is 6.91. The minimum absolute atomic E-state index is 0.0298. The molecule has 0 bridgehead atoms. The van der Waals surface area contributed by atoms with E-state index in [0.717, 1.165) is 38.1 Å². The van der Waals surface area contributed by atoms with E-state index in [2.05, 4.69) is 19.0 Å². The van der Waals surface area contributed by atoms with Crippen LogP contribution in [0.4, 0.5) is 0 Å². The summed E-state index contributed by atoms with van der Waals surface area (Å²) in [6.45, 7) is 3.09. The number of hydrogen-bond donors (Lipinski definition) is 0. The maximum absolute atomic E-state index is 12.7. The van der Waals surface area contributed by atoms with E-state index in [9.17, 15) is 9.59 Å². The Balaban J connectivity index is 1.49. The Morgan fingerprint density at radius 2 is 1.68 bits per heavy atom. The van der Waals surface area contributed by atoms with Gasteiger partial charge in [0, 0.05) is 57.7 Å². The van der Waals surface area contributed by atoms with Crippen molar-refractivity contribution < 1.29 is 19.1 Å². The summed E-state index contributed by atoms with van der Waals surface area (Å²) < 4.78 is 11.0. The molecule has 0 radical (unpaired) electrons. The van der Waals surface area contributed by atoms with Crippen LogP contribution in [0.3, 0.4) is 0 Å². The second-order valence-electron chi connectivity index (χ2n) is 7.81. The lowest BCUT2D eigenvalue weighted by atomic mass is 10.1. The molecule has 0 saturated carbocycles. The molecule has 1 aromatic carbocycles. The molecule has 0 aliphatic carbocycles. The van der Waals surface area contributed by atoms with Crippen LogP contribution in [-0.2, 0) is 9.53 Å². The Morgan fingerprint density at radius 1 is 1.04 bits per heavy atom. The normalized spacial score (nSPS) is 20.6. The van der Waals surface area contributed by atoms with Gasteiger partial charge in [0.15, 0.2) is 0 Å². The van der Waals surface area contributed by atoms with E-state index in [1.807, 2.05) is 34.1 Å². The molecule has 2 aliphatic heterocycles. The number of carbonyl (C=O) groups excluding carboxylic acids is 2.